The fraction of sp³-hybridized carbons (Fsp3) is 0. The average molecular weight is 413 g/mol. The lowest BCUT2D eigenvalue weighted by Gasteiger charge is -2.06. The molecule has 6 heteroatoms. The summed E-state index contributed by atoms with van der Waals surface area (Å²) < 4.78 is 25.5. The minimum atomic E-state index is -3.55. The summed E-state index contributed by atoms with van der Waals surface area (Å²) in [6, 6.07) is 11.0. The molecule has 94 valence electrons. The average Bonchev–Trinajstić information content (AvgIpc) is 2.32. The summed E-state index contributed by atoms with van der Waals surface area (Å²) in [4.78, 5) is 0.381. The molecule has 0 aromatic heterocycles. The van der Waals surface area contributed by atoms with Gasteiger partial charge in [-0.25, -0.2) is 8.42 Å². The maximum atomic E-state index is 12.3. The third-order valence-corrected chi connectivity index (χ3v) is 5.47. The molecule has 0 saturated carbocycles. The largest absolute Gasteiger partial charge is 0.219 e. The Morgan fingerprint density at radius 1 is 0.889 bits per heavy atom. The Kier molecular flexibility index (Phi) is 4.21. The van der Waals surface area contributed by atoms with E-state index >= 15 is 0 Å². The molecule has 0 bridgehead atoms. The van der Waals surface area contributed by atoms with E-state index in [1.807, 2.05) is 6.07 Å². The van der Waals surface area contributed by atoms with Crippen LogP contribution in [0.15, 0.2) is 52.3 Å². The van der Waals surface area contributed by atoms with Crippen LogP contribution in [-0.2, 0) is 9.84 Å². The molecule has 2 nitrogen and oxygen atoms in total. The summed E-state index contributed by atoms with van der Waals surface area (Å²) in [5.41, 5.74) is 0. The molecule has 0 N–H and O–H groups in total. The Labute approximate surface area is 129 Å². The third-order valence-electron chi connectivity index (χ3n) is 2.31. The van der Waals surface area contributed by atoms with Crippen LogP contribution in [-0.4, -0.2) is 8.42 Å². The molecule has 2 rings (SSSR count). The molecule has 0 spiro atoms. The zero-order valence-corrected chi connectivity index (χ0v) is 13.4. The van der Waals surface area contributed by atoms with Crippen molar-refractivity contribution < 1.29 is 8.42 Å². The van der Waals surface area contributed by atoms with E-state index in [0.29, 0.717) is 5.02 Å². The smallest absolute Gasteiger partial charge is 0.206 e. The Hall–Kier alpha value is -0.300. The molecule has 0 radical (unpaired) electrons. The van der Waals surface area contributed by atoms with Crippen molar-refractivity contribution in [2.24, 2.45) is 0 Å². The molecule has 18 heavy (non-hydrogen) atoms. The SMILES string of the molecule is O=S(=O)(c1cccc(I)c1)c1ccc(Cl)c(Cl)c1. The molecule has 0 saturated heterocycles. The van der Waals surface area contributed by atoms with Crippen LogP contribution in [0, 0.1) is 3.57 Å². The van der Waals surface area contributed by atoms with E-state index in [9.17, 15) is 8.42 Å². The molecule has 0 unspecified atom stereocenters. The van der Waals surface area contributed by atoms with Crippen LogP contribution >= 0.6 is 45.8 Å². The van der Waals surface area contributed by atoms with Crippen LogP contribution in [0.2, 0.25) is 10.0 Å². The zero-order valence-electron chi connectivity index (χ0n) is 8.90. The maximum absolute atomic E-state index is 12.3. The summed E-state index contributed by atoms with van der Waals surface area (Å²) in [5.74, 6) is 0. The highest BCUT2D eigenvalue weighted by Crippen LogP contribution is 2.28. The Balaban J connectivity index is 2.58. The first-order valence-electron chi connectivity index (χ1n) is 4.87. The molecule has 0 atom stereocenters. The molecule has 0 fully saturated rings. The van der Waals surface area contributed by atoms with Crippen molar-refractivity contribution in [3.63, 3.8) is 0 Å². The lowest BCUT2D eigenvalue weighted by molar-refractivity contribution is 0.596. The standard InChI is InChI=1S/C12H7Cl2IO2S/c13-11-5-4-10(7-12(11)14)18(16,17)9-3-1-2-8(15)6-9/h1-7H. The molecule has 0 aliphatic heterocycles. The number of hydrogen-bond donors (Lipinski definition) is 0. The minimum Gasteiger partial charge on any atom is -0.219 e. The second kappa shape index (κ2) is 5.36. The van der Waals surface area contributed by atoms with Crippen molar-refractivity contribution in [1.82, 2.24) is 0 Å². The Morgan fingerprint density at radius 3 is 2.17 bits per heavy atom. The van der Waals surface area contributed by atoms with Crippen molar-refractivity contribution in [1.29, 1.82) is 0 Å². The highest BCUT2D eigenvalue weighted by atomic mass is 127. The molecule has 0 aliphatic rings. The van der Waals surface area contributed by atoms with E-state index in [1.165, 1.54) is 18.2 Å². The van der Waals surface area contributed by atoms with Gasteiger partial charge in [-0.05, 0) is 59.0 Å². The predicted molar refractivity (Wildman–Crippen MR) is 81.1 cm³/mol. The van der Waals surface area contributed by atoms with Gasteiger partial charge in [-0.15, -0.1) is 0 Å². The number of sulfone groups is 1. The monoisotopic (exact) mass is 412 g/mol. The molecule has 0 amide bonds. The molecule has 0 aliphatic carbocycles. The van der Waals surface area contributed by atoms with Crippen LogP contribution in [0.5, 0.6) is 0 Å². The summed E-state index contributed by atoms with van der Waals surface area (Å²) in [6.45, 7) is 0. The van der Waals surface area contributed by atoms with E-state index < -0.39 is 9.84 Å². The third kappa shape index (κ3) is 2.82. The highest BCUT2D eigenvalue weighted by molar-refractivity contribution is 14.1. The normalized spacial score (nSPS) is 11.5. The number of rotatable bonds is 2. The molecule has 0 heterocycles. The van der Waals surface area contributed by atoms with Crippen LogP contribution in [0.25, 0.3) is 0 Å². The number of halogens is 3. The maximum Gasteiger partial charge on any atom is 0.206 e. The van der Waals surface area contributed by atoms with Gasteiger partial charge >= 0.3 is 0 Å². The van der Waals surface area contributed by atoms with Gasteiger partial charge in [-0.3, -0.25) is 0 Å². The molecule has 2 aromatic rings. The molecular formula is C12H7Cl2IO2S. The van der Waals surface area contributed by atoms with Gasteiger partial charge in [-0.2, -0.15) is 0 Å². The van der Waals surface area contributed by atoms with Crippen LogP contribution < -0.4 is 0 Å². The van der Waals surface area contributed by atoms with Crippen molar-refractivity contribution in [3.05, 3.63) is 56.1 Å². The van der Waals surface area contributed by atoms with Gasteiger partial charge in [0.1, 0.15) is 0 Å². The fourth-order valence-corrected chi connectivity index (χ4v) is 3.86. The van der Waals surface area contributed by atoms with Gasteiger partial charge in [0, 0.05) is 3.57 Å². The minimum absolute atomic E-state index is 0.138. The first-order valence-corrected chi connectivity index (χ1v) is 8.19. The van der Waals surface area contributed by atoms with Crippen molar-refractivity contribution in [2.45, 2.75) is 9.79 Å². The summed E-state index contributed by atoms with van der Waals surface area (Å²) in [5, 5.41) is 0.557. The molecular weight excluding hydrogens is 406 g/mol. The van der Waals surface area contributed by atoms with Gasteiger partial charge < -0.3 is 0 Å². The van der Waals surface area contributed by atoms with Gasteiger partial charge in [0.25, 0.3) is 0 Å². The lowest BCUT2D eigenvalue weighted by Crippen LogP contribution is -2.02. The van der Waals surface area contributed by atoms with Crippen LogP contribution in [0.4, 0.5) is 0 Å². The molecule has 2 aromatic carbocycles. The van der Waals surface area contributed by atoms with E-state index in [4.69, 9.17) is 23.2 Å². The van der Waals surface area contributed by atoms with Crippen molar-refractivity contribution >= 4 is 55.6 Å². The first-order chi connectivity index (χ1) is 8.41. The Bertz CT molecular complexity index is 699. The second-order valence-electron chi connectivity index (χ2n) is 3.54. The zero-order chi connectivity index (χ0) is 13.3. The Morgan fingerprint density at radius 2 is 1.56 bits per heavy atom. The lowest BCUT2D eigenvalue weighted by atomic mass is 10.4. The topological polar surface area (TPSA) is 34.1 Å². The van der Waals surface area contributed by atoms with E-state index in [1.54, 1.807) is 18.2 Å². The van der Waals surface area contributed by atoms with Gasteiger partial charge in [0.2, 0.25) is 9.84 Å². The fourth-order valence-electron chi connectivity index (χ4n) is 1.41. The quantitative estimate of drug-likeness (QED) is 0.683. The van der Waals surface area contributed by atoms with E-state index in [0.717, 1.165) is 3.57 Å². The summed E-state index contributed by atoms with van der Waals surface area (Å²) in [6.07, 6.45) is 0. The van der Waals surface area contributed by atoms with Gasteiger partial charge in [-0.1, -0.05) is 29.3 Å². The van der Waals surface area contributed by atoms with Crippen LogP contribution in [0.1, 0.15) is 0 Å². The van der Waals surface area contributed by atoms with E-state index in [2.05, 4.69) is 22.6 Å². The van der Waals surface area contributed by atoms with E-state index in [-0.39, 0.29) is 14.8 Å². The first kappa shape index (κ1) is 14.1. The van der Waals surface area contributed by atoms with Gasteiger partial charge in [0.15, 0.2) is 0 Å². The van der Waals surface area contributed by atoms with Crippen LogP contribution in [0.3, 0.4) is 0 Å². The van der Waals surface area contributed by atoms with Crippen molar-refractivity contribution in [2.75, 3.05) is 0 Å². The highest BCUT2D eigenvalue weighted by Gasteiger charge is 2.18. The number of hydrogen-bond acceptors (Lipinski definition) is 2. The number of benzene rings is 2. The second-order valence-corrected chi connectivity index (χ2v) is 7.55. The van der Waals surface area contributed by atoms with Crippen molar-refractivity contribution in [3.8, 4) is 0 Å². The summed E-state index contributed by atoms with van der Waals surface area (Å²) >= 11 is 13.7. The van der Waals surface area contributed by atoms with Gasteiger partial charge in [0.05, 0.1) is 19.8 Å². The predicted octanol–water partition coefficient (Wildman–Crippen LogP) is 4.43. The summed E-state index contributed by atoms with van der Waals surface area (Å²) in [7, 11) is -3.55.